The summed E-state index contributed by atoms with van der Waals surface area (Å²) >= 11 is 0. The number of carbonyl (C=O) groups excluding carboxylic acids is 1. The Morgan fingerprint density at radius 3 is 2.54 bits per heavy atom. The zero-order chi connectivity index (χ0) is 18.5. The number of aliphatic imine (C=N–C) groups is 1. The van der Waals surface area contributed by atoms with Gasteiger partial charge in [0.2, 0.25) is 5.91 Å². The van der Waals surface area contributed by atoms with Crippen LogP contribution in [0.5, 0.6) is 0 Å². The standard InChI is InChI=1S/C20H31N5O/c1-15-10-16(2)13-25(12-15)20(21-3)23-11-17-4-6-18(7-5-17)24-9-8-22-19(26)14-24/h4-7,15-16H,8-14H2,1-3H3,(H,21,23)(H,22,26). The van der Waals surface area contributed by atoms with E-state index >= 15 is 0 Å². The summed E-state index contributed by atoms with van der Waals surface area (Å²) in [6, 6.07) is 8.46. The van der Waals surface area contributed by atoms with Crippen molar-refractivity contribution in [1.29, 1.82) is 0 Å². The maximum absolute atomic E-state index is 11.5. The summed E-state index contributed by atoms with van der Waals surface area (Å²) in [5.41, 5.74) is 2.32. The van der Waals surface area contributed by atoms with Gasteiger partial charge < -0.3 is 20.4 Å². The zero-order valence-electron chi connectivity index (χ0n) is 16.2. The van der Waals surface area contributed by atoms with E-state index in [1.165, 1.54) is 12.0 Å². The fraction of sp³-hybridized carbons (Fsp3) is 0.600. The SMILES string of the molecule is CN=C(NCc1ccc(N2CCNC(=O)C2)cc1)N1CC(C)CC(C)C1. The molecule has 1 aromatic rings. The lowest BCUT2D eigenvalue weighted by Gasteiger charge is -2.37. The number of carbonyl (C=O) groups is 1. The van der Waals surface area contributed by atoms with E-state index in [4.69, 9.17) is 0 Å². The summed E-state index contributed by atoms with van der Waals surface area (Å²) < 4.78 is 0. The van der Waals surface area contributed by atoms with E-state index in [2.05, 4.69) is 63.5 Å². The quantitative estimate of drug-likeness (QED) is 0.638. The van der Waals surface area contributed by atoms with E-state index in [-0.39, 0.29) is 5.91 Å². The van der Waals surface area contributed by atoms with Crippen molar-refractivity contribution in [2.24, 2.45) is 16.8 Å². The largest absolute Gasteiger partial charge is 0.360 e. The van der Waals surface area contributed by atoms with Crippen molar-refractivity contribution < 1.29 is 4.79 Å². The van der Waals surface area contributed by atoms with Crippen LogP contribution in [0.15, 0.2) is 29.3 Å². The number of likely N-dealkylation sites (tertiary alicyclic amines) is 1. The van der Waals surface area contributed by atoms with E-state index < -0.39 is 0 Å². The lowest BCUT2D eigenvalue weighted by Crippen LogP contribution is -2.48. The normalized spacial score (nSPS) is 24.4. The van der Waals surface area contributed by atoms with E-state index in [0.717, 1.165) is 37.8 Å². The van der Waals surface area contributed by atoms with Crippen LogP contribution >= 0.6 is 0 Å². The second-order valence-corrected chi connectivity index (χ2v) is 7.69. The number of amides is 1. The molecule has 2 aliphatic rings. The predicted molar refractivity (Wildman–Crippen MR) is 106 cm³/mol. The van der Waals surface area contributed by atoms with Crippen LogP contribution in [0.1, 0.15) is 25.8 Å². The fourth-order valence-corrected chi connectivity index (χ4v) is 4.03. The topological polar surface area (TPSA) is 60.0 Å². The number of guanidine groups is 1. The second-order valence-electron chi connectivity index (χ2n) is 7.69. The first-order valence-electron chi connectivity index (χ1n) is 9.61. The Morgan fingerprint density at radius 1 is 1.23 bits per heavy atom. The molecule has 26 heavy (non-hydrogen) atoms. The summed E-state index contributed by atoms with van der Waals surface area (Å²) in [7, 11) is 1.86. The Balaban J connectivity index is 1.56. The molecule has 1 aromatic carbocycles. The van der Waals surface area contributed by atoms with Crippen LogP contribution < -0.4 is 15.5 Å². The van der Waals surface area contributed by atoms with E-state index in [1.54, 1.807) is 0 Å². The van der Waals surface area contributed by atoms with Crippen LogP contribution in [0.3, 0.4) is 0 Å². The molecule has 0 bridgehead atoms. The molecular weight excluding hydrogens is 326 g/mol. The van der Waals surface area contributed by atoms with E-state index in [9.17, 15) is 4.79 Å². The molecule has 0 saturated carbocycles. The molecular formula is C20H31N5O. The Hall–Kier alpha value is -2.24. The third-order valence-electron chi connectivity index (χ3n) is 5.17. The second kappa shape index (κ2) is 8.43. The van der Waals surface area contributed by atoms with Crippen molar-refractivity contribution in [2.45, 2.75) is 26.8 Å². The molecule has 0 radical (unpaired) electrons. The maximum atomic E-state index is 11.5. The summed E-state index contributed by atoms with van der Waals surface area (Å²) in [6.07, 6.45) is 1.30. The number of piperidine rings is 1. The molecule has 2 fully saturated rings. The zero-order valence-corrected chi connectivity index (χ0v) is 16.2. The summed E-state index contributed by atoms with van der Waals surface area (Å²) in [5, 5.41) is 6.36. The van der Waals surface area contributed by atoms with Crippen LogP contribution in [0, 0.1) is 11.8 Å². The van der Waals surface area contributed by atoms with Gasteiger partial charge in [-0.15, -0.1) is 0 Å². The van der Waals surface area contributed by atoms with Crippen molar-refractivity contribution >= 4 is 17.6 Å². The van der Waals surface area contributed by atoms with Gasteiger partial charge in [0.1, 0.15) is 0 Å². The Bertz CT molecular complexity index is 632. The van der Waals surface area contributed by atoms with Crippen molar-refractivity contribution in [2.75, 3.05) is 44.7 Å². The molecule has 3 rings (SSSR count). The number of piperazine rings is 1. The summed E-state index contributed by atoms with van der Waals surface area (Å²) in [4.78, 5) is 20.5. The lowest BCUT2D eigenvalue weighted by atomic mass is 9.92. The monoisotopic (exact) mass is 357 g/mol. The van der Waals surface area contributed by atoms with Gasteiger partial charge in [0, 0.05) is 45.5 Å². The van der Waals surface area contributed by atoms with E-state index in [0.29, 0.717) is 24.9 Å². The highest BCUT2D eigenvalue weighted by molar-refractivity contribution is 5.82. The molecule has 6 nitrogen and oxygen atoms in total. The van der Waals surface area contributed by atoms with Gasteiger partial charge in [0.05, 0.1) is 6.54 Å². The van der Waals surface area contributed by atoms with Gasteiger partial charge in [0.15, 0.2) is 5.96 Å². The Kier molecular flexibility index (Phi) is 6.01. The summed E-state index contributed by atoms with van der Waals surface area (Å²) in [6.45, 7) is 9.54. The Labute approximate surface area is 156 Å². The highest BCUT2D eigenvalue weighted by atomic mass is 16.2. The number of hydrogen-bond donors (Lipinski definition) is 2. The highest BCUT2D eigenvalue weighted by Crippen LogP contribution is 2.21. The fourth-order valence-electron chi connectivity index (χ4n) is 4.03. The third-order valence-corrected chi connectivity index (χ3v) is 5.17. The van der Waals surface area contributed by atoms with Gasteiger partial charge in [0.25, 0.3) is 0 Å². The van der Waals surface area contributed by atoms with Gasteiger partial charge in [-0.25, -0.2) is 0 Å². The molecule has 1 amide bonds. The number of rotatable bonds is 3. The smallest absolute Gasteiger partial charge is 0.239 e. The molecule has 2 aliphatic heterocycles. The number of nitrogens with zero attached hydrogens (tertiary/aromatic N) is 3. The first kappa shape index (κ1) is 18.5. The minimum Gasteiger partial charge on any atom is -0.360 e. The van der Waals surface area contributed by atoms with Gasteiger partial charge in [-0.3, -0.25) is 9.79 Å². The molecule has 2 saturated heterocycles. The van der Waals surface area contributed by atoms with Crippen LogP contribution in [-0.2, 0) is 11.3 Å². The number of nitrogens with one attached hydrogen (secondary N) is 2. The minimum atomic E-state index is 0.0933. The van der Waals surface area contributed by atoms with Crippen molar-refractivity contribution in [3.05, 3.63) is 29.8 Å². The van der Waals surface area contributed by atoms with Crippen LogP contribution in [0.25, 0.3) is 0 Å². The van der Waals surface area contributed by atoms with Gasteiger partial charge in [-0.2, -0.15) is 0 Å². The molecule has 142 valence electrons. The summed E-state index contributed by atoms with van der Waals surface area (Å²) in [5.74, 6) is 2.49. The molecule has 0 aliphatic carbocycles. The molecule has 0 spiro atoms. The molecule has 6 heteroatoms. The molecule has 0 aromatic heterocycles. The maximum Gasteiger partial charge on any atom is 0.239 e. The molecule has 2 heterocycles. The number of benzene rings is 1. The third kappa shape index (κ3) is 4.68. The first-order valence-corrected chi connectivity index (χ1v) is 9.61. The molecule has 2 unspecified atom stereocenters. The van der Waals surface area contributed by atoms with Gasteiger partial charge in [-0.1, -0.05) is 26.0 Å². The van der Waals surface area contributed by atoms with Crippen molar-refractivity contribution in [3.8, 4) is 0 Å². The Morgan fingerprint density at radius 2 is 1.92 bits per heavy atom. The van der Waals surface area contributed by atoms with Gasteiger partial charge >= 0.3 is 0 Å². The highest BCUT2D eigenvalue weighted by Gasteiger charge is 2.24. The van der Waals surface area contributed by atoms with Crippen molar-refractivity contribution in [3.63, 3.8) is 0 Å². The lowest BCUT2D eigenvalue weighted by molar-refractivity contribution is -0.120. The number of anilines is 1. The molecule has 2 N–H and O–H groups in total. The minimum absolute atomic E-state index is 0.0933. The average Bonchev–Trinajstić information content (AvgIpc) is 2.62. The van der Waals surface area contributed by atoms with E-state index in [1.807, 2.05) is 7.05 Å². The van der Waals surface area contributed by atoms with Gasteiger partial charge in [-0.05, 0) is 36.0 Å². The van der Waals surface area contributed by atoms with Crippen LogP contribution in [-0.4, -0.2) is 56.5 Å². The molecule has 2 atom stereocenters. The van der Waals surface area contributed by atoms with Crippen LogP contribution in [0.2, 0.25) is 0 Å². The van der Waals surface area contributed by atoms with Crippen LogP contribution in [0.4, 0.5) is 5.69 Å². The average molecular weight is 358 g/mol. The first-order chi connectivity index (χ1) is 12.5. The predicted octanol–water partition coefficient (Wildman–Crippen LogP) is 1.68. The van der Waals surface area contributed by atoms with Crippen molar-refractivity contribution in [1.82, 2.24) is 15.5 Å². The number of hydrogen-bond acceptors (Lipinski definition) is 3.